The summed E-state index contributed by atoms with van der Waals surface area (Å²) >= 11 is 1.42. The Balaban J connectivity index is 1.75. The molecule has 1 heterocycles. The molecule has 1 aromatic heterocycles. The molecule has 0 amide bonds. The van der Waals surface area contributed by atoms with Crippen molar-refractivity contribution < 1.29 is 8.42 Å². The molecule has 2 aromatic carbocycles. The van der Waals surface area contributed by atoms with Crippen LogP contribution in [-0.2, 0) is 28.4 Å². The van der Waals surface area contributed by atoms with Gasteiger partial charge in [0.05, 0.1) is 16.5 Å². The minimum Gasteiger partial charge on any atom is -0.308 e. The lowest BCUT2D eigenvalue weighted by Crippen LogP contribution is -2.09. The first-order chi connectivity index (χ1) is 12.9. The highest BCUT2D eigenvalue weighted by Gasteiger charge is 2.20. The fraction of sp³-hybridized carbons (Fsp3) is 0.211. The first-order valence-electron chi connectivity index (χ1n) is 8.19. The van der Waals surface area contributed by atoms with Gasteiger partial charge >= 0.3 is 0 Å². The van der Waals surface area contributed by atoms with Crippen LogP contribution in [0, 0.1) is 18.3 Å². The predicted molar refractivity (Wildman–Crippen MR) is 104 cm³/mol. The Morgan fingerprint density at radius 3 is 2.52 bits per heavy atom. The van der Waals surface area contributed by atoms with Crippen LogP contribution in [0.1, 0.15) is 22.5 Å². The molecule has 0 N–H and O–H groups in total. The van der Waals surface area contributed by atoms with Crippen molar-refractivity contribution in [3.05, 3.63) is 71.0 Å². The average Bonchev–Trinajstić information content (AvgIpc) is 3.00. The summed E-state index contributed by atoms with van der Waals surface area (Å²) in [7, 11) is -1.74. The number of aryl methyl sites for hydroxylation is 1. The van der Waals surface area contributed by atoms with Gasteiger partial charge in [0.2, 0.25) is 0 Å². The minimum atomic E-state index is -3.49. The van der Waals surface area contributed by atoms with E-state index >= 15 is 0 Å². The molecule has 0 unspecified atom stereocenters. The normalized spacial score (nSPS) is 11.3. The summed E-state index contributed by atoms with van der Waals surface area (Å²) < 4.78 is 26.9. The summed E-state index contributed by atoms with van der Waals surface area (Å²) in [5.74, 6) is 0.724. The third-order valence-electron chi connectivity index (χ3n) is 4.12. The average molecular weight is 399 g/mol. The van der Waals surface area contributed by atoms with E-state index in [0.29, 0.717) is 22.3 Å². The fourth-order valence-electron chi connectivity index (χ4n) is 2.49. The van der Waals surface area contributed by atoms with Crippen LogP contribution in [0.2, 0.25) is 0 Å². The van der Waals surface area contributed by atoms with E-state index in [9.17, 15) is 8.42 Å². The van der Waals surface area contributed by atoms with Gasteiger partial charge < -0.3 is 4.57 Å². The maximum absolute atomic E-state index is 12.6. The molecule has 0 aliphatic rings. The first-order valence-corrected chi connectivity index (χ1v) is 10.8. The number of sulfone groups is 1. The molecular formula is C19H18N4O2S2. The van der Waals surface area contributed by atoms with Gasteiger partial charge in [0.15, 0.2) is 15.0 Å². The number of hydrogen-bond acceptors (Lipinski definition) is 6. The van der Waals surface area contributed by atoms with Gasteiger partial charge in [0.1, 0.15) is 11.6 Å². The van der Waals surface area contributed by atoms with Crippen molar-refractivity contribution in [3.8, 4) is 6.07 Å². The van der Waals surface area contributed by atoms with Crippen molar-refractivity contribution in [3.63, 3.8) is 0 Å². The molecule has 0 saturated carbocycles. The van der Waals surface area contributed by atoms with Crippen LogP contribution in [0.5, 0.6) is 0 Å². The van der Waals surface area contributed by atoms with Crippen LogP contribution in [0.25, 0.3) is 0 Å². The Morgan fingerprint density at radius 1 is 1.11 bits per heavy atom. The smallest absolute Gasteiger partial charge is 0.191 e. The highest BCUT2D eigenvalue weighted by Crippen LogP contribution is 2.24. The van der Waals surface area contributed by atoms with Crippen LogP contribution in [0.4, 0.5) is 0 Å². The number of benzene rings is 2. The third kappa shape index (κ3) is 4.38. The molecule has 0 aliphatic heterocycles. The molecule has 0 saturated heterocycles. The zero-order chi connectivity index (χ0) is 19.4. The highest BCUT2D eigenvalue weighted by molar-refractivity contribution is 7.98. The zero-order valence-electron chi connectivity index (χ0n) is 15.0. The number of hydrogen-bond donors (Lipinski definition) is 0. The standard InChI is InChI=1S/C19H18N4O2S2/c1-14-7-9-17(10-8-14)27(24,25)13-18-21-22-19(23(18)2)26-12-16-6-4-3-5-15(16)11-20/h3-10H,12-13H2,1-2H3. The first kappa shape index (κ1) is 19.1. The van der Waals surface area contributed by atoms with Crippen molar-refractivity contribution >= 4 is 21.6 Å². The number of nitriles is 1. The maximum atomic E-state index is 12.6. The van der Waals surface area contributed by atoms with Gasteiger partial charge in [-0.15, -0.1) is 10.2 Å². The lowest BCUT2D eigenvalue weighted by molar-refractivity contribution is 0.591. The van der Waals surface area contributed by atoms with Gasteiger partial charge in [-0.25, -0.2) is 8.42 Å². The van der Waals surface area contributed by atoms with Gasteiger partial charge in [0, 0.05) is 12.8 Å². The Bertz CT molecular complexity index is 1100. The SMILES string of the molecule is Cc1ccc(S(=O)(=O)Cc2nnc(SCc3ccccc3C#N)n2C)cc1. The van der Waals surface area contributed by atoms with E-state index in [0.717, 1.165) is 11.1 Å². The van der Waals surface area contributed by atoms with E-state index in [-0.39, 0.29) is 10.6 Å². The van der Waals surface area contributed by atoms with Crippen molar-refractivity contribution in [2.45, 2.75) is 28.5 Å². The van der Waals surface area contributed by atoms with Gasteiger partial charge in [-0.2, -0.15) is 5.26 Å². The zero-order valence-corrected chi connectivity index (χ0v) is 16.6. The number of aromatic nitrogens is 3. The second-order valence-electron chi connectivity index (χ2n) is 6.09. The Kier molecular flexibility index (Phi) is 5.63. The molecule has 0 spiro atoms. The molecule has 0 fully saturated rings. The van der Waals surface area contributed by atoms with E-state index in [1.54, 1.807) is 41.9 Å². The Morgan fingerprint density at radius 2 is 1.81 bits per heavy atom. The summed E-state index contributed by atoms with van der Waals surface area (Å²) in [5.41, 5.74) is 2.53. The van der Waals surface area contributed by atoms with Crippen LogP contribution >= 0.6 is 11.8 Å². The summed E-state index contributed by atoms with van der Waals surface area (Å²) in [6, 6.07) is 16.3. The van der Waals surface area contributed by atoms with Crippen molar-refractivity contribution in [2.24, 2.45) is 7.05 Å². The summed E-state index contributed by atoms with van der Waals surface area (Å²) in [4.78, 5) is 0.272. The number of thioether (sulfide) groups is 1. The van der Waals surface area contributed by atoms with Crippen molar-refractivity contribution in [2.75, 3.05) is 0 Å². The van der Waals surface area contributed by atoms with E-state index in [1.165, 1.54) is 11.8 Å². The van der Waals surface area contributed by atoms with Crippen LogP contribution in [-0.4, -0.2) is 23.2 Å². The topological polar surface area (TPSA) is 88.6 Å². The van der Waals surface area contributed by atoms with Gasteiger partial charge in [-0.1, -0.05) is 47.7 Å². The van der Waals surface area contributed by atoms with E-state index < -0.39 is 9.84 Å². The van der Waals surface area contributed by atoms with Gasteiger partial charge in [0.25, 0.3) is 0 Å². The molecule has 0 bridgehead atoms. The van der Waals surface area contributed by atoms with Crippen molar-refractivity contribution in [1.82, 2.24) is 14.8 Å². The molecule has 138 valence electrons. The third-order valence-corrected chi connectivity index (χ3v) is 6.82. The van der Waals surface area contributed by atoms with E-state index in [4.69, 9.17) is 5.26 Å². The van der Waals surface area contributed by atoms with Gasteiger partial charge in [-0.3, -0.25) is 0 Å². The predicted octanol–water partition coefficient (Wildman–Crippen LogP) is 3.26. The fourth-order valence-corrected chi connectivity index (χ4v) is 4.74. The van der Waals surface area contributed by atoms with Crippen LogP contribution in [0.15, 0.2) is 58.6 Å². The Hall–Kier alpha value is -2.63. The van der Waals surface area contributed by atoms with Gasteiger partial charge in [-0.05, 0) is 30.7 Å². The van der Waals surface area contributed by atoms with Crippen LogP contribution < -0.4 is 0 Å². The lowest BCUT2D eigenvalue weighted by Gasteiger charge is -2.06. The summed E-state index contributed by atoms with van der Waals surface area (Å²) in [6.45, 7) is 1.91. The Labute approximate surface area is 162 Å². The molecule has 3 aromatic rings. The van der Waals surface area contributed by atoms with E-state index in [2.05, 4.69) is 16.3 Å². The monoisotopic (exact) mass is 398 g/mol. The molecular weight excluding hydrogens is 380 g/mol. The molecule has 0 atom stereocenters. The molecule has 0 radical (unpaired) electrons. The van der Waals surface area contributed by atoms with Crippen molar-refractivity contribution in [1.29, 1.82) is 5.26 Å². The molecule has 6 nitrogen and oxygen atoms in total. The quantitative estimate of drug-likeness (QED) is 0.592. The second kappa shape index (κ2) is 7.94. The number of nitrogens with zero attached hydrogens (tertiary/aromatic N) is 4. The molecule has 27 heavy (non-hydrogen) atoms. The molecule has 3 rings (SSSR count). The van der Waals surface area contributed by atoms with E-state index in [1.807, 2.05) is 25.1 Å². The molecule has 0 aliphatic carbocycles. The second-order valence-corrected chi connectivity index (χ2v) is 9.02. The largest absolute Gasteiger partial charge is 0.308 e. The lowest BCUT2D eigenvalue weighted by atomic mass is 10.1. The maximum Gasteiger partial charge on any atom is 0.191 e. The summed E-state index contributed by atoms with van der Waals surface area (Å²) in [6.07, 6.45) is 0. The van der Waals surface area contributed by atoms with Crippen LogP contribution in [0.3, 0.4) is 0 Å². The summed E-state index contributed by atoms with van der Waals surface area (Å²) in [5, 5.41) is 17.9. The highest BCUT2D eigenvalue weighted by atomic mass is 32.2. The molecule has 8 heteroatoms. The minimum absolute atomic E-state index is 0.213. The number of rotatable bonds is 6.